The van der Waals surface area contributed by atoms with Crippen LogP contribution in [0.2, 0.25) is 0 Å². The highest BCUT2D eigenvalue weighted by Gasteiger charge is 2.38. The van der Waals surface area contributed by atoms with Gasteiger partial charge in [0.15, 0.2) is 0 Å². The molecule has 210 valence electrons. The molecule has 0 spiro atoms. The molecule has 5 nitrogen and oxygen atoms in total. The van der Waals surface area contributed by atoms with E-state index in [1.54, 1.807) is 43.6 Å². The Morgan fingerprint density at radius 2 is 1.73 bits per heavy atom. The van der Waals surface area contributed by atoms with Crippen LogP contribution >= 0.6 is 0 Å². The highest BCUT2D eigenvalue weighted by Crippen LogP contribution is 2.36. The average Bonchev–Trinajstić information content (AvgIpc) is 2.90. The van der Waals surface area contributed by atoms with E-state index in [-0.39, 0.29) is 30.9 Å². The fourth-order valence-electron chi connectivity index (χ4n) is 4.47. The van der Waals surface area contributed by atoms with Crippen LogP contribution in [0.15, 0.2) is 60.9 Å². The molecule has 1 amide bonds. The Morgan fingerprint density at radius 3 is 2.33 bits per heavy atom. The number of aryl methyl sites for hydroxylation is 1. The SMILES string of the molecule is Cc1ccc(CC2CN(C(=O)c3cc(C(F)(F)F)cc(C(F)(F)F)c3)CCN2CC#Cc2cccnc2)cc1O. The largest absolute Gasteiger partial charge is 0.508 e. The zero-order valence-electron chi connectivity index (χ0n) is 21.4. The summed E-state index contributed by atoms with van der Waals surface area (Å²) in [4.78, 5) is 20.5. The second kappa shape index (κ2) is 11.6. The molecular formula is C29H25F6N3O2. The summed E-state index contributed by atoms with van der Waals surface area (Å²) in [7, 11) is 0. The summed E-state index contributed by atoms with van der Waals surface area (Å²) < 4.78 is 80.2. The number of pyridine rings is 1. The zero-order valence-corrected chi connectivity index (χ0v) is 21.4. The quantitative estimate of drug-likeness (QED) is 0.335. The number of amides is 1. The minimum atomic E-state index is -5.06. The first-order chi connectivity index (χ1) is 18.8. The molecule has 1 atom stereocenters. The number of benzene rings is 2. The van der Waals surface area contributed by atoms with Crippen LogP contribution in [-0.4, -0.2) is 58.0 Å². The normalized spacial score (nSPS) is 16.4. The van der Waals surface area contributed by atoms with Crippen LogP contribution in [0.25, 0.3) is 0 Å². The van der Waals surface area contributed by atoms with Gasteiger partial charge in [-0.05, 0) is 60.9 Å². The number of phenolic OH excluding ortho intramolecular Hbond substituents is 1. The third kappa shape index (κ3) is 7.12. The molecule has 1 aliphatic heterocycles. The summed E-state index contributed by atoms with van der Waals surface area (Å²) in [6.07, 6.45) is -6.52. The monoisotopic (exact) mass is 561 g/mol. The van der Waals surface area contributed by atoms with E-state index in [2.05, 4.69) is 16.8 Å². The van der Waals surface area contributed by atoms with Crippen molar-refractivity contribution in [3.05, 3.63) is 94.3 Å². The highest BCUT2D eigenvalue weighted by molar-refractivity contribution is 5.94. The van der Waals surface area contributed by atoms with E-state index in [1.165, 1.54) is 4.90 Å². The van der Waals surface area contributed by atoms with Gasteiger partial charge >= 0.3 is 12.4 Å². The Labute approximate surface area is 227 Å². The number of halogens is 6. The van der Waals surface area contributed by atoms with Crippen LogP contribution < -0.4 is 0 Å². The van der Waals surface area contributed by atoms with E-state index in [0.717, 1.165) is 5.56 Å². The number of nitrogens with zero attached hydrogens (tertiary/aromatic N) is 3. The topological polar surface area (TPSA) is 56.7 Å². The second-order valence-electron chi connectivity index (χ2n) is 9.54. The second-order valence-corrected chi connectivity index (χ2v) is 9.54. The fourth-order valence-corrected chi connectivity index (χ4v) is 4.47. The Bertz CT molecular complexity index is 1400. The van der Waals surface area contributed by atoms with Crippen LogP contribution in [0, 0.1) is 18.8 Å². The molecule has 11 heteroatoms. The molecule has 0 saturated carbocycles. The molecule has 3 aromatic rings. The summed E-state index contributed by atoms with van der Waals surface area (Å²) in [6, 6.07) is 9.25. The van der Waals surface area contributed by atoms with Crippen molar-refractivity contribution in [2.45, 2.75) is 31.7 Å². The number of hydrogen-bond acceptors (Lipinski definition) is 4. The molecule has 0 aliphatic carbocycles. The maximum absolute atomic E-state index is 13.4. The van der Waals surface area contributed by atoms with Crippen LogP contribution in [0.5, 0.6) is 5.75 Å². The lowest BCUT2D eigenvalue weighted by molar-refractivity contribution is -0.143. The molecule has 1 unspecified atom stereocenters. The smallest absolute Gasteiger partial charge is 0.416 e. The Kier molecular flexibility index (Phi) is 8.40. The number of carbonyl (C=O) groups is 1. The summed E-state index contributed by atoms with van der Waals surface area (Å²) in [5.74, 6) is 5.24. The first kappa shape index (κ1) is 29.0. The lowest BCUT2D eigenvalue weighted by Gasteiger charge is -2.41. The van der Waals surface area contributed by atoms with Gasteiger partial charge in [-0.3, -0.25) is 14.7 Å². The Morgan fingerprint density at radius 1 is 1.02 bits per heavy atom. The third-order valence-electron chi connectivity index (χ3n) is 6.65. The Hall–Kier alpha value is -4.04. The highest BCUT2D eigenvalue weighted by atomic mass is 19.4. The van der Waals surface area contributed by atoms with Crippen molar-refractivity contribution in [2.24, 2.45) is 0 Å². The van der Waals surface area contributed by atoms with E-state index in [9.17, 15) is 36.2 Å². The number of rotatable bonds is 4. The van der Waals surface area contributed by atoms with Gasteiger partial charge in [-0.1, -0.05) is 24.0 Å². The van der Waals surface area contributed by atoms with E-state index < -0.39 is 35.0 Å². The van der Waals surface area contributed by atoms with E-state index in [1.807, 2.05) is 11.0 Å². The lowest BCUT2D eigenvalue weighted by Crippen LogP contribution is -2.55. The van der Waals surface area contributed by atoms with Gasteiger partial charge in [0.05, 0.1) is 17.7 Å². The van der Waals surface area contributed by atoms with Crippen molar-refractivity contribution < 1.29 is 36.2 Å². The molecule has 0 radical (unpaired) electrons. The van der Waals surface area contributed by atoms with Gasteiger partial charge in [0.1, 0.15) is 5.75 Å². The van der Waals surface area contributed by atoms with Gasteiger partial charge in [0.2, 0.25) is 0 Å². The van der Waals surface area contributed by atoms with Gasteiger partial charge in [-0.25, -0.2) is 0 Å². The molecule has 1 saturated heterocycles. The third-order valence-corrected chi connectivity index (χ3v) is 6.65. The molecule has 2 aromatic carbocycles. The van der Waals surface area contributed by atoms with E-state index in [4.69, 9.17) is 0 Å². The minimum absolute atomic E-state index is 0.00230. The van der Waals surface area contributed by atoms with Gasteiger partial charge < -0.3 is 10.0 Å². The van der Waals surface area contributed by atoms with Crippen molar-refractivity contribution in [3.8, 4) is 17.6 Å². The van der Waals surface area contributed by atoms with Crippen molar-refractivity contribution in [1.29, 1.82) is 0 Å². The van der Waals surface area contributed by atoms with Crippen LogP contribution in [0.3, 0.4) is 0 Å². The number of hydrogen-bond donors (Lipinski definition) is 1. The fraction of sp³-hybridized carbons (Fsp3) is 0.310. The summed E-state index contributed by atoms with van der Waals surface area (Å²) in [6.45, 7) is 2.47. The number of alkyl halides is 6. The number of aromatic nitrogens is 1. The zero-order chi connectivity index (χ0) is 29.1. The van der Waals surface area contributed by atoms with Gasteiger partial charge in [-0.15, -0.1) is 0 Å². The molecule has 1 aromatic heterocycles. The molecular weight excluding hydrogens is 536 g/mol. The van der Waals surface area contributed by atoms with Gasteiger partial charge in [-0.2, -0.15) is 26.3 Å². The minimum Gasteiger partial charge on any atom is -0.508 e. The molecule has 2 heterocycles. The van der Waals surface area contributed by atoms with Gasteiger partial charge in [0, 0.05) is 49.2 Å². The molecule has 1 N–H and O–H groups in total. The van der Waals surface area contributed by atoms with E-state index in [0.29, 0.717) is 42.8 Å². The number of carbonyl (C=O) groups excluding carboxylic acids is 1. The van der Waals surface area contributed by atoms with Crippen molar-refractivity contribution in [2.75, 3.05) is 26.2 Å². The van der Waals surface area contributed by atoms with Gasteiger partial charge in [0.25, 0.3) is 5.91 Å². The molecule has 0 bridgehead atoms. The predicted octanol–water partition coefficient (Wildman–Crippen LogP) is 5.55. The van der Waals surface area contributed by atoms with Crippen LogP contribution in [0.4, 0.5) is 26.3 Å². The summed E-state index contributed by atoms with van der Waals surface area (Å²) >= 11 is 0. The first-order valence-corrected chi connectivity index (χ1v) is 12.3. The predicted molar refractivity (Wildman–Crippen MR) is 135 cm³/mol. The van der Waals surface area contributed by atoms with Crippen molar-refractivity contribution in [3.63, 3.8) is 0 Å². The first-order valence-electron chi connectivity index (χ1n) is 12.3. The van der Waals surface area contributed by atoms with E-state index >= 15 is 0 Å². The van der Waals surface area contributed by atoms with Crippen LogP contribution in [-0.2, 0) is 18.8 Å². The number of phenols is 1. The summed E-state index contributed by atoms with van der Waals surface area (Å²) in [5.41, 5.74) is -1.62. The van der Waals surface area contributed by atoms with Crippen molar-refractivity contribution in [1.82, 2.24) is 14.8 Å². The maximum Gasteiger partial charge on any atom is 0.416 e. The Balaban J connectivity index is 1.60. The molecule has 40 heavy (non-hydrogen) atoms. The number of piperazine rings is 1. The molecule has 1 aliphatic rings. The van der Waals surface area contributed by atoms with Crippen molar-refractivity contribution >= 4 is 5.91 Å². The number of aromatic hydroxyl groups is 1. The maximum atomic E-state index is 13.4. The molecule has 1 fully saturated rings. The average molecular weight is 562 g/mol. The standard InChI is InChI=1S/C29H25F6N3O2/c1-19-6-7-21(13-26(19)39)12-25-18-38(11-10-37(25)9-3-5-20-4-2-8-36-17-20)27(40)22-14-23(28(30,31)32)16-24(15-22)29(33,34)35/h2,4,6-8,13-17,25,39H,9-12,18H2,1H3. The molecule has 4 rings (SSSR count). The van der Waals surface area contributed by atoms with Crippen LogP contribution in [0.1, 0.15) is 38.2 Å². The lowest BCUT2D eigenvalue weighted by atomic mass is 9.99. The summed E-state index contributed by atoms with van der Waals surface area (Å²) in [5, 5.41) is 10.1.